The van der Waals surface area contributed by atoms with Crippen LogP contribution in [-0.4, -0.2) is 56.8 Å². The molecule has 0 radical (unpaired) electrons. The lowest BCUT2D eigenvalue weighted by Crippen LogP contribution is -2.56. The second kappa shape index (κ2) is 6.71. The number of nitrogens with zero attached hydrogens (tertiary/aromatic N) is 1. The predicted molar refractivity (Wildman–Crippen MR) is 84.7 cm³/mol. The molecule has 2 atom stereocenters. The van der Waals surface area contributed by atoms with Gasteiger partial charge in [-0.3, -0.25) is 14.5 Å². The van der Waals surface area contributed by atoms with Crippen molar-refractivity contribution in [3.8, 4) is 0 Å². The van der Waals surface area contributed by atoms with E-state index in [9.17, 15) is 19.2 Å². The average molecular weight is 357 g/mol. The third-order valence-electron chi connectivity index (χ3n) is 3.09. The number of rotatable bonds is 4. The molecule has 0 aliphatic carbocycles. The number of carboxylic acid groups (broad SMARTS) is 1. The fourth-order valence-electron chi connectivity index (χ4n) is 2.14. The Balaban J connectivity index is 1.88. The molecule has 0 aromatic carbocycles. The van der Waals surface area contributed by atoms with Gasteiger partial charge in [-0.1, -0.05) is 0 Å². The molecule has 10 heteroatoms. The Hall–Kier alpha value is -2.23. The molecule has 0 aromatic heterocycles. The summed E-state index contributed by atoms with van der Waals surface area (Å²) >= 11 is 1.27. The van der Waals surface area contributed by atoms with E-state index in [1.165, 1.54) is 22.7 Å². The summed E-state index contributed by atoms with van der Waals surface area (Å²) in [6.45, 7) is 4.81. The van der Waals surface area contributed by atoms with Crippen molar-refractivity contribution in [2.75, 3.05) is 6.54 Å². The van der Waals surface area contributed by atoms with Crippen LogP contribution in [0.5, 0.6) is 0 Å². The first kappa shape index (κ1) is 18.1. The monoisotopic (exact) mass is 357 g/mol. The molecule has 0 spiro atoms. The van der Waals surface area contributed by atoms with Gasteiger partial charge in [0.1, 0.15) is 17.8 Å². The Bertz CT molecular complexity index is 612. The largest absolute Gasteiger partial charge is 0.477 e. The van der Waals surface area contributed by atoms with E-state index in [1.807, 2.05) is 0 Å². The summed E-state index contributed by atoms with van der Waals surface area (Å²) in [6, 6.07) is 0. The first-order valence-electron chi connectivity index (χ1n) is 7.25. The smallest absolute Gasteiger partial charge is 0.408 e. The number of hydrogen-bond donors (Lipinski definition) is 3. The van der Waals surface area contributed by atoms with Gasteiger partial charge in [0.25, 0.3) is 0 Å². The molecular formula is C14H19N3O6S. The minimum absolute atomic E-state index is 0.139. The van der Waals surface area contributed by atoms with Gasteiger partial charge >= 0.3 is 12.1 Å². The summed E-state index contributed by atoms with van der Waals surface area (Å²) in [4.78, 5) is 47.2. The maximum Gasteiger partial charge on any atom is 0.408 e. The highest BCUT2D eigenvalue weighted by molar-refractivity contribution is 8.00. The zero-order valence-electron chi connectivity index (χ0n) is 13.5. The molecule has 2 aliphatic rings. The van der Waals surface area contributed by atoms with Crippen LogP contribution < -0.4 is 10.6 Å². The van der Waals surface area contributed by atoms with E-state index in [2.05, 4.69) is 10.6 Å². The molecular weight excluding hydrogens is 338 g/mol. The number of carbonyl (C=O) groups is 4. The lowest BCUT2D eigenvalue weighted by Gasteiger charge is -2.44. The summed E-state index contributed by atoms with van der Waals surface area (Å²) in [7, 11) is 0. The zero-order chi connectivity index (χ0) is 18.1. The average Bonchev–Trinajstić information content (AvgIpc) is 2.41. The van der Waals surface area contributed by atoms with Crippen molar-refractivity contribution in [1.29, 1.82) is 0 Å². The Labute approximate surface area is 142 Å². The summed E-state index contributed by atoms with van der Waals surface area (Å²) in [5, 5.41) is 13.2. The molecule has 2 heterocycles. The molecule has 132 valence electrons. The molecule has 3 amide bonds. The van der Waals surface area contributed by atoms with Crippen LogP contribution in [0.2, 0.25) is 0 Å². The Morgan fingerprint density at radius 1 is 1.42 bits per heavy atom. The van der Waals surface area contributed by atoms with E-state index >= 15 is 0 Å². The minimum atomic E-state index is -1.22. The van der Waals surface area contributed by atoms with Gasteiger partial charge in [-0.15, -0.1) is 11.8 Å². The summed E-state index contributed by atoms with van der Waals surface area (Å²) in [6.07, 6.45) is 0.829. The lowest BCUT2D eigenvalue weighted by atomic mass is 10.1. The normalized spacial score (nSPS) is 22.7. The Morgan fingerprint density at radius 3 is 2.62 bits per heavy atom. The first-order chi connectivity index (χ1) is 11.1. The topological polar surface area (TPSA) is 125 Å². The van der Waals surface area contributed by atoms with Crippen molar-refractivity contribution in [2.45, 2.75) is 43.5 Å². The number of ether oxygens (including phenoxy) is 1. The fourth-order valence-corrected chi connectivity index (χ4v) is 3.48. The van der Waals surface area contributed by atoms with Gasteiger partial charge in [-0.25, -0.2) is 9.59 Å². The molecule has 1 saturated heterocycles. The van der Waals surface area contributed by atoms with Crippen molar-refractivity contribution in [3.05, 3.63) is 11.8 Å². The van der Waals surface area contributed by atoms with Gasteiger partial charge in [0.05, 0.1) is 17.2 Å². The Kier molecular flexibility index (Phi) is 5.07. The standard InChI is InChI=1S/C14H19N3O6S/c1-14(2,3)23-13(22)15-6-8(18)16-9-4-7(12(20)21)17-10(19)5-11(17)24-9/h4,9,11H,5-6H2,1-3H3,(H,15,22)(H,16,18)(H,20,21)/t9?,11-/m1/s1. The predicted octanol–water partition coefficient (Wildman–Crippen LogP) is 0.227. The van der Waals surface area contributed by atoms with Crippen LogP contribution in [-0.2, 0) is 19.1 Å². The van der Waals surface area contributed by atoms with Crippen LogP contribution in [0, 0.1) is 0 Å². The van der Waals surface area contributed by atoms with Crippen molar-refractivity contribution in [1.82, 2.24) is 15.5 Å². The molecule has 1 fully saturated rings. The maximum atomic E-state index is 11.9. The van der Waals surface area contributed by atoms with Crippen molar-refractivity contribution < 1.29 is 29.0 Å². The third-order valence-corrected chi connectivity index (χ3v) is 4.33. The molecule has 24 heavy (non-hydrogen) atoms. The van der Waals surface area contributed by atoms with E-state index in [1.54, 1.807) is 20.8 Å². The van der Waals surface area contributed by atoms with Gasteiger partial charge in [0, 0.05) is 0 Å². The highest BCUT2D eigenvalue weighted by Crippen LogP contribution is 2.39. The number of carboxylic acids is 1. The number of alkyl carbamates (subject to hydrolysis) is 1. The second-order valence-corrected chi connectivity index (χ2v) is 7.58. The summed E-state index contributed by atoms with van der Waals surface area (Å²) in [5.74, 6) is -1.96. The molecule has 2 aliphatic heterocycles. The number of amides is 3. The van der Waals surface area contributed by atoms with Crippen LogP contribution in [0.15, 0.2) is 11.8 Å². The van der Waals surface area contributed by atoms with Crippen molar-refractivity contribution in [2.24, 2.45) is 0 Å². The third kappa shape index (κ3) is 4.40. The summed E-state index contributed by atoms with van der Waals surface area (Å²) in [5.41, 5.74) is -0.806. The highest BCUT2D eigenvalue weighted by atomic mass is 32.2. The van der Waals surface area contributed by atoms with Gasteiger partial charge < -0.3 is 20.5 Å². The van der Waals surface area contributed by atoms with E-state index < -0.39 is 28.9 Å². The Morgan fingerprint density at radius 2 is 2.08 bits per heavy atom. The minimum Gasteiger partial charge on any atom is -0.477 e. The van der Waals surface area contributed by atoms with E-state index in [0.717, 1.165) is 0 Å². The number of fused-ring (bicyclic) bond motifs is 1. The fraction of sp³-hybridized carbons (Fsp3) is 0.571. The molecule has 2 rings (SSSR count). The van der Waals surface area contributed by atoms with Gasteiger partial charge in [0.15, 0.2) is 0 Å². The lowest BCUT2D eigenvalue weighted by molar-refractivity contribution is -0.146. The number of nitrogens with one attached hydrogen (secondary N) is 2. The van der Waals surface area contributed by atoms with E-state index in [-0.39, 0.29) is 29.9 Å². The molecule has 9 nitrogen and oxygen atoms in total. The number of β-lactam (4-membered cyclic amide) rings is 1. The number of carbonyl (C=O) groups excluding carboxylic acids is 3. The van der Waals surface area contributed by atoms with Crippen molar-refractivity contribution >= 4 is 35.6 Å². The molecule has 0 bridgehead atoms. The SMILES string of the molecule is CC(C)(C)OC(=O)NCC(=O)NC1C=C(C(=O)O)N2C(=O)C[C@H]2S1. The van der Waals surface area contributed by atoms with Crippen LogP contribution in [0.25, 0.3) is 0 Å². The van der Waals surface area contributed by atoms with Crippen LogP contribution in [0.3, 0.4) is 0 Å². The van der Waals surface area contributed by atoms with Crippen LogP contribution in [0.4, 0.5) is 4.79 Å². The molecule has 0 aromatic rings. The first-order valence-corrected chi connectivity index (χ1v) is 8.20. The second-order valence-electron chi connectivity index (χ2n) is 6.26. The molecule has 0 saturated carbocycles. The molecule has 1 unspecified atom stereocenters. The molecule has 3 N–H and O–H groups in total. The van der Waals surface area contributed by atoms with E-state index in [0.29, 0.717) is 0 Å². The maximum absolute atomic E-state index is 11.9. The zero-order valence-corrected chi connectivity index (χ0v) is 14.3. The quantitative estimate of drug-likeness (QED) is 0.615. The number of aliphatic carboxylic acids is 1. The van der Waals surface area contributed by atoms with Gasteiger partial charge in [-0.05, 0) is 26.8 Å². The van der Waals surface area contributed by atoms with Crippen LogP contribution >= 0.6 is 11.8 Å². The van der Waals surface area contributed by atoms with E-state index in [4.69, 9.17) is 9.84 Å². The van der Waals surface area contributed by atoms with Crippen LogP contribution in [0.1, 0.15) is 27.2 Å². The van der Waals surface area contributed by atoms with Crippen molar-refractivity contribution in [3.63, 3.8) is 0 Å². The highest BCUT2D eigenvalue weighted by Gasteiger charge is 2.45. The summed E-state index contributed by atoms with van der Waals surface area (Å²) < 4.78 is 5.01. The number of hydrogen-bond acceptors (Lipinski definition) is 6. The van der Waals surface area contributed by atoms with Gasteiger partial charge in [-0.2, -0.15) is 0 Å². The van der Waals surface area contributed by atoms with Gasteiger partial charge in [0.2, 0.25) is 11.8 Å². The number of thioether (sulfide) groups is 1.